The van der Waals surface area contributed by atoms with Gasteiger partial charge in [0.15, 0.2) is 11.5 Å². The first-order valence-corrected chi connectivity index (χ1v) is 5.30. The van der Waals surface area contributed by atoms with E-state index in [-0.39, 0.29) is 0 Å². The molecular weight excluding hydrogens is 192 g/mol. The second-order valence-electron chi connectivity index (χ2n) is 3.76. The second kappa shape index (κ2) is 3.62. The lowest BCUT2D eigenvalue weighted by Gasteiger charge is -2.20. The van der Waals surface area contributed by atoms with E-state index in [1.165, 1.54) is 5.56 Å². The van der Waals surface area contributed by atoms with Gasteiger partial charge in [-0.25, -0.2) is 0 Å². The van der Waals surface area contributed by atoms with Gasteiger partial charge >= 0.3 is 0 Å². The molecular formula is C11H14N2O2. The second-order valence-corrected chi connectivity index (χ2v) is 3.76. The van der Waals surface area contributed by atoms with E-state index in [1.807, 2.05) is 6.07 Å². The largest absolute Gasteiger partial charge is 0.486 e. The van der Waals surface area contributed by atoms with Gasteiger partial charge in [-0.05, 0) is 11.6 Å². The summed E-state index contributed by atoms with van der Waals surface area (Å²) in [5, 5.41) is 6.73. The van der Waals surface area contributed by atoms with Crippen LogP contribution in [0.3, 0.4) is 0 Å². The molecule has 3 rings (SSSR count). The fourth-order valence-corrected chi connectivity index (χ4v) is 1.95. The van der Waals surface area contributed by atoms with E-state index in [0.717, 1.165) is 36.8 Å². The molecule has 0 radical (unpaired) electrons. The van der Waals surface area contributed by atoms with Crippen molar-refractivity contribution in [1.29, 1.82) is 0 Å². The van der Waals surface area contributed by atoms with Crippen LogP contribution in [0.4, 0.5) is 5.69 Å². The summed E-state index contributed by atoms with van der Waals surface area (Å²) in [5.74, 6) is 1.72. The Balaban J connectivity index is 2.02. The van der Waals surface area contributed by atoms with Gasteiger partial charge in [0.2, 0.25) is 0 Å². The maximum atomic E-state index is 5.55. The highest BCUT2D eigenvalue weighted by Crippen LogP contribution is 2.35. The number of fused-ring (bicyclic) bond motifs is 2. The fourth-order valence-electron chi connectivity index (χ4n) is 1.95. The molecule has 0 spiro atoms. The summed E-state index contributed by atoms with van der Waals surface area (Å²) < 4.78 is 11.1. The van der Waals surface area contributed by atoms with Crippen molar-refractivity contribution in [3.8, 4) is 11.5 Å². The number of anilines is 1. The third kappa shape index (κ3) is 1.61. The summed E-state index contributed by atoms with van der Waals surface area (Å²) in [6, 6.07) is 4.10. The first-order valence-electron chi connectivity index (χ1n) is 5.30. The van der Waals surface area contributed by atoms with Gasteiger partial charge in [0.1, 0.15) is 13.2 Å². The van der Waals surface area contributed by atoms with Crippen LogP contribution in [0.2, 0.25) is 0 Å². The van der Waals surface area contributed by atoms with E-state index in [9.17, 15) is 0 Å². The quantitative estimate of drug-likeness (QED) is 0.664. The minimum absolute atomic E-state index is 0.643. The molecule has 80 valence electrons. The molecule has 2 aliphatic rings. The standard InChI is InChI=1S/C11H14N2O2/c1-2-13-9-6-11-10(14-3-4-15-11)5-8(9)7-12-1/h5-6,12-13H,1-4,7H2. The molecule has 0 fully saturated rings. The van der Waals surface area contributed by atoms with E-state index in [0.29, 0.717) is 13.2 Å². The minimum atomic E-state index is 0.643. The van der Waals surface area contributed by atoms with E-state index in [4.69, 9.17) is 9.47 Å². The molecule has 2 heterocycles. The van der Waals surface area contributed by atoms with E-state index < -0.39 is 0 Å². The number of ether oxygens (including phenoxy) is 2. The lowest BCUT2D eigenvalue weighted by Crippen LogP contribution is -2.17. The Morgan fingerprint density at radius 2 is 1.80 bits per heavy atom. The molecule has 0 saturated carbocycles. The molecule has 0 saturated heterocycles. The summed E-state index contributed by atoms with van der Waals surface area (Å²) in [7, 11) is 0. The van der Waals surface area contributed by atoms with Gasteiger partial charge < -0.3 is 20.1 Å². The van der Waals surface area contributed by atoms with Crippen LogP contribution >= 0.6 is 0 Å². The van der Waals surface area contributed by atoms with Crippen molar-refractivity contribution in [1.82, 2.24) is 5.32 Å². The lowest BCUT2D eigenvalue weighted by molar-refractivity contribution is 0.171. The maximum absolute atomic E-state index is 5.55. The third-order valence-corrected chi connectivity index (χ3v) is 2.70. The molecule has 0 aromatic heterocycles. The van der Waals surface area contributed by atoms with Crippen LogP contribution in [-0.2, 0) is 6.54 Å². The molecule has 2 N–H and O–H groups in total. The number of hydrogen-bond acceptors (Lipinski definition) is 4. The van der Waals surface area contributed by atoms with Gasteiger partial charge in [0, 0.05) is 31.4 Å². The fraction of sp³-hybridized carbons (Fsp3) is 0.455. The Morgan fingerprint density at radius 1 is 1.00 bits per heavy atom. The topological polar surface area (TPSA) is 42.5 Å². The van der Waals surface area contributed by atoms with E-state index in [1.54, 1.807) is 0 Å². The summed E-state index contributed by atoms with van der Waals surface area (Å²) in [6.07, 6.45) is 0. The zero-order chi connectivity index (χ0) is 10.1. The Morgan fingerprint density at radius 3 is 2.67 bits per heavy atom. The molecule has 0 atom stereocenters. The van der Waals surface area contributed by atoms with Crippen molar-refractivity contribution in [3.63, 3.8) is 0 Å². The predicted octanol–water partition coefficient (Wildman–Crippen LogP) is 0.973. The summed E-state index contributed by atoms with van der Waals surface area (Å²) in [4.78, 5) is 0. The Kier molecular flexibility index (Phi) is 2.14. The molecule has 1 aromatic rings. The van der Waals surface area contributed by atoms with Gasteiger partial charge in [-0.2, -0.15) is 0 Å². The Bertz CT molecular complexity index is 344. The van der Waals surface area contributed by atoms with Crippen LogP contribution < -0.4 is 20.1 Å². The zero-order valence-electron chi connectivity index (χ0n) is 8.51. The van der Waals surface area contributed by atoms with E-state index in [2.05, 4.69) is 16.7 Å². The molecule has 0 aliphatic carbocycles. The van der Waals surface area contributed by atoms with Gasteiger partial charge in [-0.1, -0.05) is 0 Å². The van der Waals surface area contributed by atoms with Crippen molar-refractivity contribution in [2.24, 2.45) is 0 Å². The average molecular weight is 206 g/mol. The number of nitrogens with one attached hydrogen (secondary N) is 2. The first kappa shape index (κ1) is 8.85. The highest BCUT2D eigenvalue weighted by Gasteiger charge is 2.16. The van der Waals surface area contributed by atoms with Crippen LogP contribution in [0.5, 0.6) is 11.5 Å². The molecule has 0 bridgehead atoms. The van der Waals surface area contributed by atoms with Crippen molar-refractivity contribution in [2.75, 3.05) is 31.6 Å². The van der Waals surface area contributed by atoms with Crippen LogP contribution in [-0.4, -0.2) is 26.3 Å². The van der Waals surface area contributed by atoms with Gasteiger partial charge in [0.05, 0.1) is 0 Å². The smallest absolute Gasteiger partial charge is 0.163 e. The number of rotatable bonds is 0. The first-order chi connectivity index (χ1) is 7.43. The summed E-state index contributed by atoms with van der Waals surface area (Å²) in [6.45, 7) is 4.11. The van der Waals surface area contributed by atoms with Gasteiger partial charge in [0.25, 0.3) is 0 Å². The Labute approximate surface area is 88.6 Å². The van der Waals surface area contributed by atoms with Gasteiger partial charge in [-0.3, -0.25) is 0 Å². The van der Waals surface area contributed by atoms with Gasteiger partial charge in [-0.15, -0.1) is 0 Å². The predicted molar refractivity (Wildman–Crippen MR) is 57.6 cm³/mol. The van der Waals surface area contributed by atoms with E-state index >= 15 is 0 Å². The summed E-state index contributed by atoms with van der Waals surface area (Å²) in [5.41, 5.74) is 2.40. The highest BCUT2D eigenvalue weighted by atomic mass is 16.6. The monoisotopic (exact) mass is 206 g/mol. The maximum Gasteiger partial charge on any atom is 0.163 e. The molecule has 2 aliphatic heterocycles. The highest BCUT2D eigenvalue weighted by molar-refractivity contribution is 5.61. The average Bonchev–Trinajstić information content (AvgIpc) is 2.50. The van der Waals surface area contributed by atoms with Crippen LogP contribution in [0.15, 0.2) is 12.1 Å². The molecule has 0 unspecified atom stereocenters. The SMILES string of the molecule is c1c2c(cc3c1OCCO3)NCCNC2. The third-order valence-electron chi connectivity index (χ3n) is 2.70. The van der Waals surface area contributed by atoms with Crippen LogP contribution in [0.25, 0.3) is 0 Å². The number of benzene rings is 1. The molecule has 1 aromatic carbocycles. The van der Waals surface area contributed by atoms with Crippen LogP contribution in [0, 0.1) is 0 Å². The minimum Gasteiger partial charge on any atom is -0.486 e. The van der Waals surface area contributed by atoms with Crippen molar-refractivity contribution >= 4 is 5.69 Å². The molecule has 4 heteroatoms. The summed E-state index contributed by atoms with van der Waals surface area (Å²) >= 11 is 0. The van der Waals surface area contributed by atoms with Crippen LogP contribution in [0.1, 0.15) is 5.56 Å². The van der Waals surface area contributed by atoms with Crippen molar-refractivity contribution < 1.29 is 9.47 Å². The normalized spacial score (nSPS) is 18.7. The number of hydrogen-bond donors (Lipinski definition) is 2. The molecule has 15 heavy (non-hydrogen) atoms. The van der Waals surface area contributed by atoms with Crippen molar-refractivity contribution in [3.05, 3.63) is 17.7 Å². The molecule has 4 nitrogen and oxygen atoms in total. The Hall–Kier alpha value is -1.42. The van der Waals surface area contributed by atoms with Crippen molar-refractivity contribution in [2.45, 2.75) is 6.54 Å². The molecule has 0 amide bonds. The lowest BCUT2D eigenvalue weighted by atomic mass is 10.1. The zero-order valence-corrected chi connectivity index (χ0v) is 8.51.